The maximum Gasteiger partial charge on any atom is 0.231 e. The first kappa shape index (κ1) is 14.3. The first-order valence-corrected chi connectivity index (χ1v) is 6.51. The molecular weight excluding hydrogens is 256 g/mol. The smallest absolute Gasteiger partial charge is 0.231 e. The van der Waals surface area contributed by atoms with Crippen molar-refractivity contribution in [2.24, 2.45) is 5.73 Å². The normalized spacial score (nSPS) is 11.4. The van der Waals surface area contributed by atoms with E-state index < -0.39 is 5.91 Å². The van der Waals surface area contributed by atoms with Crippen LogP contribution in [0, 0.1) is 0 Å². The topological polar surface area (TPSA) is 76.5 Å². The fourth-order valence-electron chi connectivity index (χ4n) is 2.08. The Balaban J connectivity index is 2.20. The van der Waals surface area contributed by atoms with Crippen molar-refractivity contribution in [1.29, 1.82) is 0 Å². The van der Waals surface area contributed by atoms with Crippen LogP contribution in [-0.2, 0) is 4.79 Å². The van der Waals surface area contributed by atoms with Gasteiger partial charge in [-0.2, -0.15) is 0 Å². The summed E-state index contributed by atoms with van der Waals surface area (Å²) in [5, 5.41) is 0.792. The van der Waals surface area contributed by atoms with Gasteiger partial charge in [-0.3, -0.25) is 14.5 Å². The number of rotatable bonds is 6. The van der Waals surface area contributed by atoms with E-state index in [1.165, 1.54) is 6.26 Å². The van der Waals surface area contributed by atoms with Crippen molar-refractivity contribution in [3.63, 3.8) is 0 Å². The predicted octanol–water partition coefficient (Wildman–Crippen LogP) is 1.81. The highest BCUT2D eigenvalue weighted by atomic mass is 16.3. The average Bonchev–Trinajstić information content (AvgIpc) is 2.81. The van der Waals surface area contributed by atoms with Gasteiger partial charge >= 0.3 is 0 Å². The van der Waals surface area contributed by atoms with Crippen molar-refractivity contribution in [3.05, 3.63) is 36.1 Å². The van der Waals surface area contributed by atoms with Gasteiger partial charge in [0.15, 0.2) is 5.78 Å². The lowest BCUT2D eigenvalue weighted by Crippen LogP contribution is -2.41. The standard InChI is InChI=1S/C15H18N2O3/c1-10(2)17(8-15(16)19)7-13(18)12-9-20-14-6-4-3-5-11(12)14/h3-6,9-10H,7-8H2,1-2H3,(H2,16,19). The first-order chi connectivity index (χ1) is 9.49. The highest BCUT2D eigenvalue weighted by Gasteiger charge is 2.20. The van der Waals surface area contributed by atoms with Gasteiger partial charge in [0.25, 0.3) is 0 Å². The Morgan fingerprint density at radius 2 is 1.95 bits per heavy atom. The third-order valence-corrected chi connectivity index (χ3v) is 3.22. The summed E-state index contributed by atoms with van der Waals surface area (Å²) in [7, 11) is 0. The highest BCUT2D eigenvalue weighted by molar-refractivity contribution is 6.08. The van der Waals surface area contributed by atoms with Gasteiger partial charge in [0.2, 0.25) is 5.91 Å². The lowest BCUT2D eigenvalue weighted by atomic mass is 10.1. The molecule has 0 bridgehead atoms. The van der Waals surface area contributed by atoms with Crippen LogP contribution >= 0.6 is 0 Å². The van der Waals surface area contributed by atoms with Crippen molar-refractivity contribution >= 4 is 22.7 Å². The van der Waals surface area contributed by atoms with Crippen molar-refractivity contribution < 1.29 is 14.0 Å². The summed E-state index contributed by atoms with van der Waals surface area (Å²) in [6.07, 6.45) is 1.47. The molecule has 2 rings (SSSR count). The Bertz CT molecular complexity index is 631. The fourth-order valence-corrected chi connectivity index (χ4v) is 2.08. The van der Waals surface area contributed by atoms with E-state index in [1.54, 1.807) is 4.90 Å². The van der Waals surface area contributed by atoms with Crippen LogP contribution in [0.4, 0.5) is 0 Å². The quantitative estimate of drug-likeness (QED) is 0.815. The number of furan rings is 1. The van der Waals surface area contributed by atoms with E-state index in [1.807, 2.05) is 38.1 Å². The molecule has 0 saturated heterocycles. The molecule has 2 aromatic rings. The van der Waals surface area contributed by atoms with Crippen LogP contribution in [0.2, 0.25) is 0 Å². The Hall–Kier alpha value is -2.14. The molecule has 5 nitrogen and oxygen atoms in total. The molecule has 0 saturated carbocycles. The van der Waals surface area contributed by atoms with E-state index >= 15 is 0 Å². The molecule has 0 aliphatic heterocycles. The number of nitrogens with two attached hydrogens (primary N) is 1. The second-order valence-electron chi connectivity index (χ2n) is 5.03. The van der Waals surface area contributed by atoms with Crippen molar-refractivity contribution in [2.75, 3.05) is 13.1 Å². The molecular formula is C15H18N2O3. The average molecular weight is 274 g/mol. The Kier molecular flexibility index (Phi) is 4.20. The minimum absolute atomic E-state index is 0.0598. The zero-order valence-electron chi connectivity index (χ0n) is 11.6. The van der Waals surface area contributed by atoms with E-state index in [-0.39, 0.29) is 24.9 Å². The number of primary amides is 1. The van der Waals surface area contributed by atoms with Crippen LogP contribution in [-0.4, -0.2) is 35.7 Å². The zero-order valence-corrected chi connectivity index (χ0v) is 11.6. The maximum absolute atomic E-state index is 12.4. The number of carbonyl (C=O) groups excluding carboxylic acids is 2. The largest absolute Gasteiger partial charge is 0.464 e. The molecule has 1 aromatic carbocycles. The Labute approximate surface area is 117 Å². The molecule has 0 spiro atoms. The molecule has 20 heavy (non-hydrogen) atoms. The summed E-state index contributed by atoms with van der Waals surface area (Å²) in [5.41, 5.74) is 6.43. The zero-order chi connectivity index (χ0) is 14.7. The van der Waals surface area contributed by atoms with Crippen LogP contribution < -0.4 is 5.73 Å². The van der Waals surface area contributed by atoms with Gasteiger partial charge in [-0.1, -0.05) is 18.2 Å². The summed E-state index contributed by atoms with van der Waals surface area (Å²) in [5.74, 6) is -0.520. The number of para-hydroxylation sites is 1. The van der Waals surface area contributed by atoms with Gasteiger partial charge in [-0.25, -0.2) is 0 Å². The molecule has 1 aromatic heterocycles. The molecule has 0 unspecified atom stereocenters. The number of hydrogen-bond donors (Lipinski definition) is 1. The number of amides is 1. The highest BCUT2D eigenvalue weighted by Crippen LogP contribution is 2.21. The van der Waals surface area contributed by atoms with E-state index in [4.69, 9.17) is 10.2 Å². The van der Waals surface area contributed by atoms with Crippen molar-refractivity contribution in [1.82, 2.24) is 4.90 Å². The van der Waals surface area contributed by atoms with Crippen LogP contribution in [0.15, 0.2) is 34.9 Å². The van der Waals surface area contributed by atoms with E-state index in [0.29, 0.717) is 11.1 Å². The van der Waals surface area contributed by atoms with E-state index in [0.717, 1.165) is 5.39 Å². The van der Waals surface area contributed by atoms with E-state index in [9.17, 15) is 9.59 Å². The predicted molar refractivity (Wildman–Crippen MR) is 76.4 cm³/mol. The van der Waals surface area contributed by atoms with Crippen LogP contribution in [0.1, 0.15) is 24.2 Å². The number of carbonyl (C=O) groups is 2. The second-order valence-corrected chi connectivity index (χ2v) is 5.03. The van der Waals surface area contributed by atoms with Crippen LogP contribution in [0.5, 0.6) is 0 Å². The van der Waals surface area contributed by atoms with Crippen molar-refractivity contribution in [3.8, 4) is 0 Å². The molecule has 1 heterocycles. The summed E-state index contributed by atoms with van der Waals surface area (Å²) < 4.78 is 5.36. The summed E-state index contributed by atoms with van der Waals surface area (Å²) >= 11 is 0. The van der Waals surface area contributed by atoms with Gasteiger partial charge in [0.05, 0.1) is 18.7 Å². The summed E-state index contributed by atoms with van der Waals surface area (Å²) in [6, 6.07) is 7.44. The third-order valence-electron chi connectivity index (χ3n) is 3.22. The number of nitrogens with zero attached hydrogens (tertiary/aromatic N) is 1. The number of ketones is 1. The summed E-state index contributed by atoms with van der Waals surface area (Å²) in [6.45, 7) is 4.05. The molecule has 1 amide bonds. The van der Waals surface area contributed by atoms with Gasteiger partial charge in [-0.05, 0) is 19.9 Å². The molecule has 0 radical (unpaired) electrons. The van der Waals surface area contributed by atoms with Gasteiger partial charge < -0.3 is 10.2 Å². The number of benzene rings is 1. The van der Waals surface area contributed by atoms with E-state index in [2.05, 4.69) is 0 Å². The number of fused-ring (bicyclic) bond motifs is 1. The lowest BCUT2D eigenvalue weighted by molar-refractivity contribution is -0.119. The molecule has 0 aliphatic carbocycles. The Morgan fingerprint density at radius 1 is 1.25 bits per heavy atom. The van der Waals surface area contributed by atoms with Crippen molar-refractivity contribution in [2.45, 2.75) is 19.9 Å². The summed E-state index contributed by atoms with van der Waals surface area (Å²) in [4.78, 5) is 25.2. The molecule has 0 atom stereocenters. The van der Waals surface area contributed by atoms with Gasteiger partial charge in [0, 0.05) is 11.4 Å². The lowest BCUT2D eigenvalue weighted by Gasteiger charge is -2.23. The fraction of sp³-hybridized carbons (Fsp3) is 0.333. The van der Waals surface area contributed by atoms with Gasteiger partial charge in [-0.15, -0.1) is 0 Å². The number of Topliss-reactive ketones (excluding diaryl/α,β-unsaturated/α-hetero) is 1. The minimum Gasteiger partial charge on any atom is -0.464 e. The molecule has 2 N–H and O–H groups in total. The molecule has 5 heteroatoms. The second kappa shape index (κ2) is 5.88. The molecule has 0 aliphatic rings. The maximum atomic E-state index is 12.4. The SMILES string of the molecule is CC(C)N(CC(N)=O)CC(=O)c1coc2ccccc12. The molecule has 0 fully saturated rings. The van der Waals surface area contributed by atoms with Gasteiger partial charge in [0.1, 0.15) is 11.8 Å². The monoisotopic (exact) mass is 274 g/mol. The third kappa shape index (κ3) is 3.05. The minimum atomic E-state index is -0.441. The van der Waals surface area contributed by atoms with Crippen LogP contribution in [0.25, 0.3) is 11.0 Å². The number of hydrogen-bond acceptors (Lipinski definition) is 4. The Morgan fingerprint density at radius 3 is 2.60 bits per heavy atom. The van der Waals surface area contributed by atoms with Crippen LogP contribution in [0.3, 0.4) is 0 Å². The first-order valence-electron chi connectivity index (χ1n) is 6.51. The molecule has 106 valence electrons.